The summed E-state index contributed by atoms with van der Waals surface area (Å²) in [6.45, 7) is 5.58. The maximum absolute atomic E-state index is 13.1. The van der Waals surface area contributed by atoms with Crippen molar-refractivity contribution in [3.05, 3.63) is 34.9 Å². The minimum Gasteiger partial charge on any atom is -0.324 e. The van der Waals surface area contributed by atoms with Gasteiger partial charge in [0, 0.05) is 25.0 Å². The molecule has 1 saturated carbocycles. The maximum Gasteiger partial charge on any atom is 0.262 e. The number of nitrogens with two attached hydrogens (primary N) is 1. The van der Waals surface area contributed by atoms with Crippen molar-refractivity contribution in [2.24, 2.45) is 11.1 Å². The third-order valence-corrected chi connectivity index (χ3v) is 6.95. The smallest absolute Gasteiger partial charge is 0.262 e. The van der Waals surface area contributed by atoms with Crippen LogP contribution in [-0.4, -0.2) is 46.7 Å². The molecule has 1 aliphatic carbocycles. The zero-order valence-electron chi connectivity index (χ0n) is 18.1. The number of benzene rings is 1. The highest BCUT2D eigenvalue weighted by Crippen LogP contribution is 2.39. The molecule has 2 heterocycles. The largest absolute Gasteiger partial charge is 0.324 e. The summed E-state index contributed by atoms with van der Waals surface area (Å²) in [7, 11) is 0. The van der Waals surface area contributed by atoms with Crippen LogP contribution >= 0.6 is 0 Å². The molecule has 1 atom stereocenters. The molecule has 31 heavy (non-hydrogen) atoms. The second kappa shape index (κ2) is 7.84. The summed E-state index contributed by atoms with van der Waals surface area (Å²) in [6, 6.07) is 4.22. The van der Waals surface area contributed by atoms with Crippen molar-refractivity contribution in [1.29, 1.82) is 0 Å². The third-order valence-electron chi connectivity index (χ3n) is 6.95. The van der Waals surface area contributed by atoms with E-state index in [1.807, 2.05) is 6.07 Å². The van der Waals surface area contributed by atoms with Gasteiger partial charge in [0.05, 0.1) is 11.1 Å². The lowest BCUT2D eigenvalue weighted by Gasteiger charge is -2.41. The molecule has 0 bridgehead atoms. The molecule has 3 aliphatic rings. The van der Waals surface area contributed by atoms with Crippen LogP contribution < -0.4 is 16.4 Å². The van der Waals surface area contributed by atoms with E-state index >= 15 is 0 Å². The second-order valence-corrected chi connectivity index (χ2v) is 9.92. The summed E-state index contributed by atoms with van der Waals surface area (Å²) in [4.78, 5) is 50.7. The molecule has 1 aromatic rings. The maximum atomic E-state index is 13.1. The van der Waals surface area contributed by atoms with Crippen LogP contribution in [0.5, 0.6) is 0 Å². The van der Waals surface area contributed by atoms with Crippen LogP contribution in [0.1, 0.15) is 78.7 Å². The van der Waals surface area contributed by atoms with Crippen LogP contribution in [0.15, 0.2) is 18.2 Å². The van der Waals surface area contributed by atoms with E-state index < -0.39 is 23.8 Å². The number of carbonyl (C=O) groups excluding carboxylic acids is 4. The summed E-state index contributed by atoms with van der Waals surface area (Å²) in [5, 5.41) is 5.60. The van der Waals surface area contributed by atoms with Gasteiger partial charge < -0.3 is 11.1 Å². The van der Waals surface area contributed by atoms with E-state index in [0.717, 1.165) is 30.6 Å². The van der Waals surface area contributed by atoms with Gasteiger partial charge in [-0.25, -0.2) is 0 Å². The Morgan fingerprint density at radius 2 is 1.81 bits per heavy atom. The van der Waals surface area contributed by atoms with Gasteiger partial charge in [-0.3, -0.25) is 29.4 Å². The molecule has 8 nitrogen and oxygen atoms in total. The highest BCUT2D eigenvalue weighted by molar-refractivity contribution is 6.24. The number of imide groups is 2. The molecular weight excluding hydrogens is 396 g/mol. The van der Waals surface area contributed by atoms with E-state index in [4.69, 9.17) is 5.73 Å². The van der Waals surface area contributed by atoms with Crippen molar-refractivity contribution in [2.75, 3.05) is 6.54 Å². The Bertz CT molecular complexity index is 945. The van der Waals surface area contributed by atoms with E-state index in [1.165, 1.54) is 0 Å². The molecule has 4 amide bonds. The molecule has 4 rings (SSSR count). The number of hydrogen-bond acceptors (Lipinski definition) is 6. The molecule has 166 valence electrons. The first-order valence-corrected chi connectivity index (χ1v) is 10.9. The number of rotatable bonds is 5. The zero-order valence-corrected chi connectivity index (χ0v) is 18.1. The summed E-state index contributed by atoms with van der Waals surface area (Å²) in [6.07, 6.45) is 4.31. The molecule has 1 unspecified atom stereocenters. The van der Waals surface area contributed by atoms with Crippen molar-refractivity contribution in [3.63, 3.8) is 0 Å². The molecule has 2 fully saturated rings. The minimum atomic E-state index is -0.955. The van der Waals surface area contributed by atoms with E-state index in [9.17, 15) is 19.2 Å². The molecule has 0 spiro atoms. The average molecular weight is 427 g/mol. The Morgan fingerprint density at radius 3 is 2.48 bits per heavy atom. The van der Waals surface area contributed by atoms with Crippen LogP contribution in [0, 0.1) is 5.41 Å². The Kier molecular flexibility index (Phi) is 5.47. The van der Waals surface area contributed by atoms with Gasteiger partial charge in [0.2, 0.25) is 11.8 Å². The molecule has 1 saturated heterocycles. The van der Waals surface area contributed by atoms with Gasteiger partial charge in [0.25, 0.3) is 11.8 Å². The Hall–Kier alpha value is -2.58. The van der Waals surface area contributed by atoms with Crippen LogP contribution in [-0.2, 0) is 16.1 Å². The zero-order chi connectivity index (χ0) is 22.4. The number of carbonyl (C=O) groups is 4. The van der Waals surface area contributed by atoms with Gasteiger partial charge in [-0.15, -0.1) is 0 Å². The fourth-order valence-electron chi connectivity index (χ4n) is 4.78. The monoisotopic (exact) mass is 426 g/mol. The van der Waals surface area contributed by atoms with Crippen molar-refractivity contribution >= 4 is 23.6 Å². The van der Waals surface area contributed by atoms with E-state index in [2.05, 4.69) is 24.5 Å². The number of nitrogens with one attached hydrogen (secondary N) is 2. The van der Waals surface area contributed by atoms with Gasteiger partial charge in [-0.05, 0) is 49.1 Å². The van der Waals surface area contributed by atoms with Crippen LogP contribution in [0.25, 0.3) is 0 Å². The Balaban J connectivity index is 1.46. The van der Waals surface area contributed by atoms with Crippen molar-refractivity contribution < 1.29 is 19.2 Å². The number of hydrogen-bond donors (Lipinski definition) is 3. The first-order chi connectivity index (χ1) is 14.6. The van der Waals surface area contributed by atoms with Crippen LogP contribution in [0.2, 0.25) is 0 Å². The van der Waals surface area contributed by atoms with E-state index in [-0.39, 0.29) is 24.3 Å². The molecule has 2 aliphatic heterocycles. The molecule has 8 heteroatoms. The second-order valence-electron chi connectivity index (χ2n) is 9.92. The van der Waals surface area contributed by atoms with Crippen molar-refractivity contribution in [1.82, 2.24) is 15.5 Å². The predicted octanol–water partition coefficient (Wildman–Crippen LogP) is 1.48. The lowest BCUT2D eigenvalue weighted by atomic mass is 9.70. The van der Waals surface area contributed by atoms with Gasteiger partial charge in [-0.1, -0.05) is 26.0 Å². The van der Waals surface area contributed by atoms with Crippen LogP contribution in [0.3, 0.4) is 0 Å². The standard InChI is InChI=1S/C23H30N4O4/c1-22(2)8-10-23(24,11-9-22)13-25-12-14-4-3-5-15-18(14)21(31)27(20(15)30)16-6-7-17(28)26-19(16)29/h3-5,16,25H,6-13,24H2,1-2H3,(H,26,28,29). The lowest BCUT2D eigenvalue weighted by Crippen LogP contribution is -2.54. The first-order valence-electron chi connectivity index (χ1n) is 10.9. The summed E-state index contributed by atoms with van der Waals surface area (Å²) in [5.74, 6) is -1.95. The quantitative estimate of drug-likeness (QED) is 0.613. The summed E-state index contributed by atoms with van der Waals surface area (Å²) in [5.41, 5.74) is 7.99. The normalized spacial score (nSPS) is 24.9. The molecule has 0 aromatic heterocycles. The van der Waals surface area contributed by atoms with Crippen molar-refractivity contribution in [3.8, 4) is 0 Å². The topological polar surface area (TPSA) is 122 Å². The van der Waals surface area contributed by atoms with E-state index in [0.29, 0.717) is 35.2 Å². The predicted molar refractivity (Wildman–Crippen MR) is 114 cm³/mol. The SMILES string of the molecule is CC1(C)CCC(N)(CNCc2cccc3c2C(=O)N(C2CCC(=O)NC2=O)C3=O)CC1. The number of fused-ring (bicyclic) bond motifs is 1. The fourth-order valence-corrected chi connectivity index (χ4v) is 4.78. The Morgan fingerprint density at radius 1 is 1.10 bits per heavy atom. The van der Waals surface area contributed by atoms with Crippen LogP contribution in [0.4, 0.5) is 0 Å². The number of amides is 4. The summed E-state index contributed by atoms with van der Waals surface area (Å²) < 4.78 is 0. The average Bonchev–Trinajstić information content (AvgIpc) is 2.96. The lowest BCUT2D eigenvalue weighted by molar-refractivity contribution is -0.136. The molecule has 4 N–H and O–H groups in total. The van der Waals surface area contributed by atoms with Gasteiger partial charge in [0.15, 0.2) is 0 Å². The highest BCUT2D eigenvalue weighted by atomic mass is 16.2. The van der Waals surface area contributed by atoms with Gasteiger partial charge in [0.1, 0.15) is 6.04 Å². The fraction of sp³-hybridized carbons (Fsp3) is 0.565. The third kappa shape index (κ3) is 4.14. The number of nitrogens with zero attached hydrogens (tertiary/aromatic N) is 1. The van der Waals surface area contributed by atoms with Crippen molar-refractivity contribution in [2.45, 2.75) is 70.5 Å². The molecular formula is C23H30N4O4. The molecule has 1 aromatic carbocycles. The Labute approximate surface area is 181 Å². The van der Waals surface area contributed by atoms with Gasteiger partial charge in [-0.2, -0.15) is 0 Å². The first kappa shape index (κ1) is 21.6. The number of piperidine rings is 1. The minimum absolute atomic E-state index is 0.105. The molecule has 0 radical (unpaired) electrons. The summed E-state index contributed by atoms with van der Waals surface area (Å²) >= 11 is 0. The highest BCUT2D eigenvalue weighted by Gasteiger charge is 2.45. The van der Waals surface area contributed by atoms with E-state index in [1.54, 1.807) is 12.1 Å². The van der Waals surface area contributed by atoms with Gasteiger partial charge >= 0.3 is 0 Å².